The molecule has 0 aliphatic rings. The second kappa shape index (κ2) is 11.5. The molecule has 0 saturated heterocycles. The SMILES string of the molecule is c1ccc(-c2nc3c(N(c4ccc5oc6ccccc6c5c4)c4cccc5c4c4ccccc4n5-c4ccccc4)c4c(cc3o2)oc2ccccc24)cc1. The standard InChI is InChI=1S/C49H29N3O3/c1-3-14-30(15-4-1)49-50-47-44(55-49)29-43-46(35-20-9-12-25-41(35)54-43)48(47)52(32-26-27-42-36(28-32)33-18-8-11-24-40(33)53-42)39-23-13-22-38-45(39)34-19-7-10-21-37(34)51(38)31-16-5-2-6-17-31/h1-29H. The van der Waals surface area contributed by atoms with E-state index in [9.17, 15) is 0 Å². The van der Waals surface area contributed by atoms with Crippen molar-refractivity contribution in [1.29, 1.82) is 0 Å². The van der Waals surface area contributed by atoms with Crippen LogP contribution in [0.2, 0.25) is 0 Å². The number of hydrogen-bond donors (Lipinski definition) is 0. The van der Waals surface area contributed by atoms with Crippen molar-refractivity contribution in [2.75, 3.05) is 4.90 Å². The van der Waals surface area contributed by atoms with Crippen molar-refractivity contribution in [2.24, 2.45) is 0 Å². The minimum absolute atomic E-state index is 0.545. The van der Waals surface area contributed by atoms with Crippen LogP contribution >= 0.6 is 0 Å². The van der Waals surface area contributed by atoms with Crippen LogP contribution in [0.3, 0.4) is 0 Å². The average Bonchev–Trinajstić information content (AvgIpc) is 4.02. The zero-order chi connectivity index (χ0) is 36.0. The highest BCUT2D eigenvalue weighted by atomic mass is 16.4. The van der Waals surface area contributed by atoms with E-state index in [1.54, 1.807) is 0 Å². The molecule has 258 valence electrons. The Morgan fingerprint density at radius 1 is 0.436 bits per heavy atom. The first kappa shape index (κ1) is 29.9. The van der Waals surface area contributed by atoms with Crippen LogP contribution in [0.15, 0.2) is 189 Å². The Hall–Kier alpha value is -7.57. The third kappa shape index (κ3) is 4.39. The largest absolute Gasteiger partial charge is 0.456 e. The van der Waals surface area contributed by atoms with Crippen molar-refractivity contribution in [3.63, 3.8) is 0 Å². The number of hydrogen-bond acceptors (Lipinski definition) is 5. The highest BCUT2D eigenvalue weighted by Gasteiger charge is 2.29. The summed E-state index contributed by atoms with van der Waals surface area (Å²) in [6.07, 6.45) is 0. The Morgan fingerprint density at radius 3 is 1.93 bits per heavy atom. The summed E-state index contributed by atoms with van der Waals surface area (Å²) in [4.78, 5) is 7.67. The molecule has 0 radical (unpaired) electrons. The second-order valence-electron chi connectivity index (χ2n) is 13.9. The third-order valence-electron chi connectivity index (χ3n) is 10.8. The minimum Gasteiger partial charge on any atom is -0.456 e. The molecule has 12 aromatic rings. The first-order valence-corrected chi connectivity index (χ1v) is 18.4. The molecular weight excluding hydrogens is 679 g/mol. The van der Waals surface area contributed by atoms with Crippen LogP contribution in [-0.4, -0.2) is 9.55 Å². The van der Waals surface area contributed by atoms with Gasteiger partial charge in [0.25, 0.3) is 0 Å². The Bertz CT molecular complexity index is 3440. The number of anilines is 3. The van der Waals surface area contributed by atoms with Crippen molar-refractivity contribution >= 4 is 93.8 Å². The van der Waals surface area contributed by atoms with Gasteiger partial charge in [0.1, 0.15) is 27.8 Å². The average molecular weight is 708 g/mol. The van der Waals surface area contributed by atoms with Gasteiger partial charge in [0, 0.05) is 49.9 Å². The number of oxazole rings is 1. The van der Waals surface area contributed by atoms with E-state index in [0.717, 1.165) is 99.5 Å². The fourth-order valence-corrected chi connectivity index (χ4v) is 8.45. The number of benzene rings is 8. The van der Waals surface area contributed by atoms with E-state index >= 15 is 0 Å². The van der Waals surface area contributed by atoms with Crippen molar-refractivity contribution in [3.05, 3.63) is 176 Å². The second-order valence-corrected chi connectivity index (χ2v) is 13.9. The molecule has 0 saturated carbocycles. The van der Waals surface area contributed by atoms with E-state index in [1.807, 2.05) is 60.7 Å². The smallest absolute Gasteiger partial charge is 0.227 e. The number of aromatic nitrogens is 2. The molecule has 12 rings (SSSR count). The highest BCUT2D eigenvalue weighted by molar-refractivity contribution is 6.24. The number of rotatable bonds is 5. The van der Waals surface area contributed by atoms with Gasteiger partial charge in [0.05, 0.1) is 27.8 Å². The monoisotopic (exact) mass is 707 g/mol. The van der Waals surface area contributed by atoms with Gasteiger partial charge >= 0.3 is 0 Å². The van der Waals surface area contributed by atoms with Gasteiger partial charge in [0.2, 0.25) is 5.89 Å². The molecule has 6 nitrogen and oxygen atoms in total. The van der Waals surface area contributed by atoms with Crippen molar-refractivity contribution in [2.45, 2.75) is 0 Å². The molecule has 0 unspecified atom stereocenters. The van der Waals surface area contributed by atoms with Crippen molar-refractivity contribution < 1.29 is 13.3 Å². The molecule has 55 heavy (non-hydrogen) atoms. The Labute approximate surface area is 313 Å². The molecule has 0 bridgehead atoms. The van der Waals surface area contributed by atoms with E-state index < -0.39 is 0 Å². The normalized spacial score (nSPS) is 12.0. The summed E-state index contributed by atoms with van der Waals surface area (Å²) in [5.74, 6) is 0.545. The van der Waals surface area contributed by atoms with Gasteiger partial charge in [-0.1, -0.05) is 97.1 Å². The lowest BCUT2D eigenvalue weighted by atomic mass is 10.0. The van der Waals surface area contributed by atoms with Crippen molar-refractivity contribution in [1.82, 2.24) is 9.55 Å². The topological polar surface area (TPSA) is 60.5 Å². The predicted octanol–water partition coefficient (Wildman–Crippen LogP) is 13.9. The molecule has 0 aliphatic carbocycles. The first-order valence-electron chi connectivity index (χ1n) is 18.4. The maximum Gasteiger partial charge on any atom is 0.227 e. The van der Waals surface area contributed by atoms with Gasteiger partial charge in [-0.25, -0.2) is 4.98 Å². The van der Waals surface area contributed by atoms with Gasteiger partial charge in [-0.2, -0.15) is 0 Å². The molecule has 0 spiro atoms. The Balaban J connectivity index is 1.26. The number of furan rings is 2. The van der Waals surface area contributed by atoms with Gasteiger partial charge in [-0.15, -0.1) is 0 Å². The van der Waals surface area contributed by atoms with Gasteiger partial charge in [-0.05, 0) is 72.8 Å². The molecule has 8 aromatic carbocycles. The molecule has 0 amide bonds. The summed E-state index contributed by atoms with van der Waals surface area (Å²) in [6, 6.07) is 60.7. The minimum atomic E-state index is 0.545. The van der Waals surface area contributed by atoms with Gasteiger partial charge < -0.3 is 22.7 Å². The van der Waals surface area contributed by atoms with E-state index in [0.29, 0.717) is 11.5 Å². The fraction of sp³-hybridized carbons (Fsp3) is 0. The first-order chi connectivity index (χ1) is 27.3. The Morgan fingerprint density at radius 2 is 1.09 bits per heavy atom. The summed E-state index contributed by atoms with van der Waals surface area (Å²) in [5.41, 5.74) is 11.6. The summed E-state index contributed by atoms with van der Waals surface area (Å²) in [7, 11) is 0. The van der Waals surface area contributed by atoms with Crippen LogP contribution in [0.5, 0.6) is 0 Å². The fourth-order valence-electron chi connectivity index (χ4n) is 8.45. The summed E-state index contributed by atoms with van der Waals surface area (Å²) in [6.45, 7) is 0. The van der Waals surface area contributed by atoms with E-state index in [2.05, 4.69) is 125 Å². The molecular formula is C49H29N3O3. The van der Waals surface area contributed by atoms with E-state index in [-0.39, 0.29) is 0 Å². The van der Waals surface area contributed by atoms with Crippen LogP contribution in [-0.2, 0) is 0 Å². The Kier molecular flexibility index (Phi) is 6.24. The number of para-hydroxylation sites is 4. The van der Waals surface area contributed by atoms with E-state index in [4.69, 9.17) is 18.2 Å². The zero-order valence-corrected chi connectivity index (χ0v) is 29.3. The quantitative estimate of drug-likeness (QED) is 0.178. The lowest BCUT2D eigenvalue weighted by molar-refractivity contribution is 0.617. The number of fused-ring (bicyclic) bond motifs is 10. The molecule has 0 N–H and O–H groups in total. The van der Waals surface area contributed by atoms with Crippen LogP contribution in [0.4, 0.5) is 17.1 Å². The summed E-state index contributed by atoms with van der Waals surface area (Å²) in [5, 5.41) is 6.30. The lowest BCUT2D eigenvalue weighted by Gasteiger charge is -2.27. The summed E-state index contributed by atoms with van der Waals surface area (Å²) >= 11 is 0. The molecule has 0 atom stereocenters. The predicted molar refractivity (Wildman–Crippen MR) is 223 cm³/mol. The molecule has 4 heterocycles. The molecule has 6 heteroatoms. The highest BCUT2D eigenvalue weighted by Crippen LogP contribution is 2.51. The van der Waals surface area contributed by atoms with Crippen LogP contribution in [0, 0.1) is 0 Å². The molecule has 0 aliphatic heterocycles. The van der Waals surface area contributed by atoms with Crippen LogP contribution < -0.4 is 4.90 Å². The zero-order valence-electron chi connectivity index (χ0n) is 29.3. The van der Waals surface area contributed by atoms with Crippen LogP contribution in [0.1, 0.15) is 0 Å². The molecule has 0 fully saturated rings. The lowest BCUT2D eigenvalue weighted by Crippen LogP contribution is -2.11. The van der Waals surface area contributed by atoms with Crippen LogP contribution in [0.25, 0.3) is 93.9 Å². The summed E-state index contributed by atoms with van der Waals surface area (Å²) < 4.78 is 22.0. The third-order valence-corrected chi connectivity index (χ3v) is 10.8. The van der Waals surface area contributed by atoms with Crippen molar-refractivity contribution in [3.8, 4) is 17.1 Å². The maximum absolute atomic E-state index is 6.64. The van der Waals surface area contributed by atoms with Gasteiger partial charge in [0.15, 0.2) is 5.58 Å². The van der Waals surface area contributed by atoms with E-state index in [1.165, 1.54) is 0 Å². The van der Waals surface area contributed by atoms with Gasteiger partial charge in [-0.3, -0.25) is 0 Å². The number of nitrogens with zero attached hydrogens (tertiary/aromatic N) is 3. The molecule has 4 aromatic heterocycles. The maximum atomic E-state index is 6.64.